The summed E-state index contributed by atoms with van der Waals surface area (Å²) in [5.41, 5.74) is 1.91. The van der Waals surface area contributed by atoms with Crippen LogP contribution < -0.4 is 16.5 Å². The summed E-state index contributed by atoms with van der Waals surface area (Å²) in [4.78, 5) is 27.1. The molecule has 2 atom stereocenters. The molecule has 4 N–H and O–H groups in total. The number of benzene rings is 1. The van der Waals surface area contributed by atoms with Crippen LogP contribution in [-0.2, 0) is 16.1 Å². The third-order valence-corrected chi connectivity index (χ3v) is 5.12. The van der Waals surface area contributed by atoms with Gasteiger partial charge in [0.2, 0.25) is 11.8 Å². The molecule has 1 aromatic carbocycles. The molecular formula is C19H27N5O2. The van der Waals surface area contributed by atoms with Gasteiger partial charge in [-0.15, -0.1) is 0 Å². The van der Waals surface area contributed by atoms with Crippen molar-refractivity contribution in [1.82, 2.24) is 15.5 Å². The number of rotatable bonds is 5. The normalized spacial score (nSPS) is 23.3. The van der Waals surface area contributed by atoms with Crippen molar-refractivity contribution >= 4 is 18.0 Å². The van der Waals surface area contributed by atoms with Gasteiger partial charge >= 0.3 is 0 Å². The first-order valence-electron chi connectivity index (χ1n) is 9.33. The van der Waals surface area contributed by atoms with Crippen LogP contribution >= 0.6 is 0 Å². The molecule has 2 heterocycles. The van der Waals surface area contributed by atoms with Gasteiger partial charge in [-0.1, -0.05) is 30.7 Å². The molecule has 3 rings (SSSR count). The maximum Gasteiger partial charge on any atom is 0.243 e. The first kappa shape index (κ1) is 18.4. The molecule has 0 aliphatic carbocycles. The van der Waals surface area contributed by atoms with Crippen LogP contribution in [0, 0.1) is 0 Å². The number of carbonyl (C=O) groups excluding carboxylic acids is 2. The molecule has 2 fully saturated rings. The van der Waals surface area contributed by atoms with Gasteiger partial charge in [-0.25, -0.2) is 0 Å². The summed E-state index contributed by atoms with van der Waals surface area (Å²) in [6, 6.07) is 7.18. The van der Waals surface area contributed by atoms with Crippen molar-refractivity contribution in [1.29, 1.82) is 0 Å². The van der Waals surface area contributed by atoms with E-state index >= 15 is 0 Å². The number of hydrogen-bond acceptors (Lipinski definition) is 5. The Morgan fingerprint density at radius 2 is 2.04 bits per heavy atom. The van der Waals surface area contributed by atoms with E-state index in [0.717, 1.165) is 49.8 Å². The average Bonchev–Trinajstić information content (AvgIpc) is 3.17. The van der Waals surface area contributed by atoms with Crippen LogP contribution in [0.4, 0.5) is 0 Å². The predicted octanol–water partition coefficient (Wildman–Crippen LogP) is 0.729. The highest BCUT2D eigenvalue weighted by Crippen LogP contribution is 2.21. The zero-order valence-electron chi connectivity index (χ0n) is 15.0. The number of amides is 2. The average molecular weight is 357 g/mol. The Morgan fingerprint density at radius 3 is 2.73 bits per heavy atom. The fraction of sp³-hybridized carbons (Fsp3) is 0.526. The lowest BCUT2D eigenvalue weighted by Crippen LogP contribution is -2.53. The molecule has 2 aliphatic heterocycles. The van der Waals surface area contributed by atoms with E-state index in [-0.39, 0.29) is 23.9 Å². The van der Waals surface area contributed by atoms with Crippen molar-refractivity contribution in [2.24, 2.45) is 10.9 Å². The van der Waals surface area contributed by atoms with Gasteiger partial charge in [0.25, 0.3) is 0 Å². The second-order valence-electron chi connectivity index (χ2n) is 6.93. The largest absolute Gasteiger partial charge is 0.350 e. The number of likely N-dealkylation sites (tertiary alicyclic amines) is 1. The first-order valence-corrected chi connectivity index (χ1v) is 9.33. The minimum absolute atomic E-state index is 0.0701. The SMILES string of the molecule is NN=Cc1ccc(CNC(=O)[C@@H]2CCCN2C(=O)[C@H]2CCCCN2)cc1. The van der Waals surface area contributed by atoms with E-state index in [2.05, 4.69) is 15.7 Å². The van der Waals surface area contributed by atoms with Crippen LogP contribution in [0.5, 0.6) is 0 Å². The first-order chi connectivity index (χ1) is 12.7. The molecule has 2 aliphatic rings. The zero-order chi connectivity index (χ0) is 18.4. The molecule has 0 bridgehead atoms. The van der Waals surface area contributed by atoms with E-state index in [1.807, 2.05) is 24.3 Å². The van der Waals surface area contributed by atoms with E-state index in [1.54, 1.807) is 11.1 Å². The second-order valence-corrected chi connectivity index (χ2v) is 6.93. The highest BCUT2D eigenvalue weighted by molar-refractivity contribution is 5.90. The summed E-state index contributed by atoms with van der Waals surface area (Å²) in [5, 5.41) is 9.74. The number of hydrogen-bond donors (Lipinski definition) is 3. The minimum atomic E-state index is -0.352. The maximum absolute atomic E-state index is 12.7. The summed E-state index contributed by atoms with van der Waals surface area (Å²) < 4.78 is 0. The van der Waals surface area contributed by atoms with Crippen LogP contribution in [0.3, 0.4) is 0 Å². The Morgan fingerprint density at radius 1 is 1.23 bits per heavy atom. The molecule has 2 amide bonds. The monoisotopic (exact) mass is 357 g/mol. The molecule has 7 heteroatoms. The van der Waals surface area contributed by atoms with Crippen LogP contribution in [-0.4, -0.2) is 48.1 Å². The number of nitrogens with one attached hydrogen (secondary N) is 2. The van der Waals surface area contributed by atoms with Gasteiger partial charge in [-0.05, 0) is 43.4 Å². The molecule has 0 aromatic heterocycles. The van der Waals surface area contributed by atoms with E-state index < -0.39 is 0 Å². The Hall–Kier alpha value is -2.41. The van der Waals surface area contributed by atoms with Crippen LogP contribution in [0.2, 0.25) is 0 Å². The lowest BCUT2D eigenvalue weighted by Gasteiger charge is -2.30. The van der Waals surface area contributed by atoms with E-state index in [1.165, 1.54) is 0 Å². The summed E-state index contributed by atoms with van der Waals surface area (Å²) in [7, 11) is 0. The number of hydrazone groups is 1. The molecule has 140 valence electrons. The Bertz CT molecular complexity index is 652. The predicted molar refractivity (Wildman–Crippen MR) is 100 cm³/mol. The fourth-order valence-corrected chi connectivity index (χ4v) is 3.68. The molecule has 0 spiro atoms. The Balaban J connectivity index is 1.55. The Labute approximate surface area is 154 Å². The van der Waals surface area contributed by atoms with Gasteiger partial charge in [0.05, 0.1) is 12.3 Å². The van der Waals surface area contributed by atoms with Gasteiger partial charge in [0.15, 0.2) is 0 Å². The molecular weight excluding hydrogens is 330 g/mol. The Kier molecular flexibility index (Phi) is 6.22. The smallest absolute Gasteiger partial charge is 0.243 e. The van der Waals surface area contributed by atoms with Crippen molar-refractivity contribution in [3.8, 4) is 0 Å². The van der Waals surface area contributed by atoms with Crippen LogP contribution in [0.1, 0.15) is 43.2 Å². The van der Waals surface area contributed by atoms with Gasteiger partial charge in [-0.3, -0.25) is 9.59 Å². The molecule has 0 saturated carbocycles. The summed E-state index contributed by atoms with van der Waals surface area (Å²) >= 11 is 0. The van der Waals surface area contributed by atoms with E-state index in [0.29, 0.717) is 13.1 Å². The van der Waals surface area contributed by atoms with Crippen molar-refractivity contribution in [2.75, 3.05) is 13.1 Å². The quantitative estimate of drug-likeness (QED) is 0.411. The van der Waals surface area contributed by atoms with Crippen molar-refractivity contribution in [2.45, 2.75) is 50.7 Å². The van der Waals surface area contributed by atoms with E-state index in [4.69, 9.17) is 5.84 Å². The van der Waals surface area contributed by atoms with Gasteiger partial charge in [-0.2, -0.15) is 5.10 Å². The van der Waals surface area contributed by atoms with Gasteiger partial charge in [0, 0.05) is 13.1 Å². The van der Waals surface area contributed by atoms with Crippen molar-refractivity contribution in [3.63, 3.8) is 0 Å². The molecule has 26 heavy (non-hydrogen) atoms. The van der Waals surface area contributed by atoms with Crippen molar-refractivity contribution < 1.29 is 9.59 Å². The highest BCUT2D eigenvalue weighted by Gasteiger charge is 2.37. The highest BCUT2D eigenvalue weighted by atomic mass is 16.2. The summed E-state index contributed by atoms with van der Waals surface area (Å²) in [5.74, 6) is 5.14. The molecule has 0 radical (unpaired) electrons. The zero-order valence-corrected chi connectivity index (χ0v) is 15.0. The summed E-state index contributed by atoms with van der Waals surface area (Å²) in [6.45, 7) is 1.99. The minimum Gasteiger partial charge on any atom is -0.350 e. The molecule has 2 saturated heterocycles. The number of nitrogens with two attached hydrogens (primary N) is 1. The third-order valence-electron chi connectivity index (χ3n) is 5.12. The van der Waals surface area contributed by atoms with Gasteiger partial charge in [0.1, 0.15) is 6.04 Å². The topological polar surface area (TPSA) is 99.8 Å². The fourth-order valence-electron chi connectivity index (χ4n) is 3.68. The number of piperidine rings is 1. The van der Waals surface area contributed by atoms with Crippen molar-refractivity contribution in [3.05, 3.63) is 35.4 Å². The lowest BCUT2D eigenvalue weighted by molar-refractivity contribution is -0.140. The molecule has 7 nitrogen and oxygen atoms in total. The molecule has 1 aromatic rings. The third kappa shape index (κ3) is 4.40. The second kappa shape index (κ2) is 8.80. The van der Waals surface area contributed by atoms with Gasteiger partial charge < -0.3 is 21.4 Å². The molecule has 0 unspecified atom stereocenters. The maximum atomic E-state index is 12.7. The lowest BCUT2D eigenvalue weighted by atomic mass is 10.0. The number of carbonyl (C=O) groups is 2. The number of nitrogens with zero attached hydrogens (tertiary/aromatic N) is 2. The summed E-state index contributed by atoms with van der Waals surface area (Å²) in [6.07, 6.45) is 6.23. The van der Waals surface area contributed by atoms with Crippen LogP contribution in [0.25, 0.3) is 0 Å². The van der Waals surface area contributed by atoms with Crippen LogP contribution in [0.15, 0.2) is 29.4 Å². The van der Waals surface area contributed by atoms with E-state index in [9.17, 15) is 9.59 Å². The standard InChI is InChI=1S/C19H27N5O2/c20-23-13-15-8-6-14(7-9-15)12-22-18(25)17-5-3-11-24(17)19(26)16-4-1-2-10-21-16/h6-9,13,16-17,21H,1-5,10-12,20H2,(H,22,25)/t16-,17+/m1/s1.